The van der Waals surface area contributed by atoms with Gasteiger partial charge in [-0.15, -0.1) is 5.10 Å². The molecule has 0 unspecified atom stereocenters. The molecule has 5 aromatic heterocycles. The molecule has 0 aliphatic carbocycles. The lowest BCUT2D eigenvalue weighted by Crippen LogP contribution is -2.28. The van der Waals surface area contributed by atoms with Crippen LogP contribution in [0.3, 0.4) is 0 Å². The Kier molecular flexibility index (Phi) is 7.32. The first-order chi connectivity index (χ1) is 22.7. The molecule has 6 heterocycles. The van der Waals surface area contributed by atoms with Gasteiger partial charge in [-0.25, -0.2) is 18.5 Å². The summed E-state index contributed by atoms with van der Waals surface area (Å²) in [6.07, 6.45) is 4.20. The Balaban J connectivity index is 1.70. The Labute approximate surface area is 265 Å². The topological polar surface area (TPSA) is 135 Å². The van der Waals surface area contributed by atoms with Gasteiger partial charge in [0.15, 0.2) is 5.69 Å². The molecule has 1 aliphatic heterocycles. The van der Waals surface area contributed by atoms with E-state index in [2.05, 4.69) is 40.0 Å². The SMILES string of the molecule is [2H]C([2H])([2H])c1nnn(C)c1-c1cnc2c3c(c(C(=O)O)nn3COCC[Si](C)(C)C)n([C@H](c3ncccc3F)C3CCOCC3)c2c1C. The predicted octanol–water partition coefficient (Wildman–Crippen LogP) is 5.36. The van der Waals surface area contributed by atoms with E-state index in [0.717, 1.165) is 6.04 Å². The van der Waals surface area contributed by atoms with Crippen molar-refractivity contribution in [2.45, 2.75) is 65.1 Å². The number of carboxylic acids is 1. The van der Waals surface area contributed by atoms with Crippen LogP contribution in [0, 0.1) is 25.5 Å². The van der Waals surface area contributed by atoms with Crippen LogP contribution in [-0.2, 0) is 23.3 Å². The summed E-state index contributed by atoms with van der Waals surface area (Å²) in [7, 11) is 0.189. The van der Waals surface area contributed by atoms with Gasteiger partial charge in [0.2, 0.25) is 0 Å². The number of nitrogens with zero attached hydrogens (tertiary/aromatic N) is 8. The fraction of sp³-hybridized carbons (Fsp3) is 0.484. The van der Waals surface area contributed by atoms with Gasteiger partial charge in [0.25, 0.3) is 0 Å². The molecule has 238 valence electrons. The van der Waals surface area contributed by atoms with E-state index in [1.165, 1.54) is 27.7 Å². The maximum atomic E-state index is 15.8. The van der Waals surface area contributed by atoms with Gasteiger partial charge in [0.05, 0.1) is 28.6 Å². The van der Waals surface area contributed by atoms with Crippen LogP contribution in [0.15, 0.2) is 24.5 Å². The average Bonchev–Trinajstić information content (AvgIpc) is 3.69. The first kappa shape index (κ1) is 27.3. The van der Waals surface area contributed by atoms with E-state index < -0.39 is 32.8 Å². The zero-order valence-corrected chi connectivity index (χ0v) is 27.0. The number of carbonyl (C=O) groups is 1. The minimum atomic E-state index is -2.57. The second kappa shape index (κ2) is 12.1. The Hall–Kier alpha value is -4.01. The van der Waals surface area contributed by atoms with E-state index in [-0.39, 0.29) is 40.9 Å². The van der Waals surface area contributed by atoms with Crippen molar-refractivity contribution < 1.29 is 27.9 Å². The molecular weight excluding hydrogens is 595 g/mol. The molecule has 0 bridgehead atoms. The molecule has 0 aromatic carbocycles. The third kappa shape index (κ3) is 5.66. The van der Waals surface area contributed by atoms with Gasteiger partial charge in [-0.05, 0) is 56.3 Å². The molecule has 12 nitrogen and oxygen atoms in total. The van der Waals surface area contributed by atoms with Crippen LogP contribution >= 0.6 is 0 Å². The molecule has 0 amide bonds. The highest BCUT2D eigenvalue weighted by molar-refractivity contribution is 6.76. The van der Waals surface area contributed by atoms with E-state index in [0.29, 0.717) is 60.3 Å². The van der Waals surface area contributed by atoms with Crippen molar-refractivity contribution in [1.82, 2.24) is 39.3 Å². The van der Waals surface area contributed by atoms with Crippen LogP contribution in [0.25, 0.3) is 33.3 Å². The van der Waals surface area contributed by atoms with Gasteiger partial charge in [-0.2, -0.15) is 5.10 Å². The minimum Gasteiger partial charge on any atom is -0.476 e. The van der Waals surface area contributed by atoms with E-state index in [9.17, 15) is 9.90 Å². The first-order valence-corrected chi connectivity index (χ1v) is 18.7. The summed E-state index contributed by atoms with van der Waals surface area (Å²) in [5.41, 5.74) is 2.57. The highest BCUT2D eigenvalue weighted by Crippen LogP contribution is 2.43. The third-order valence-corrected chi connectivity index (χ3v) is 10.2. The lowest BCUT2D eigenvalue weighted by atomic mass is 9.88. The maximum absolute atomic E-state index is 15.8. The second-order valence-corrected chi connectivity index (χ2v) is 18.4. The molecule has 1 fully saturated rings. The third-order valence-electron chi connectivity index (χ3n) is 8.49. The maximum Gasteiger partial charge on any atom is 0.358 e. The lowest BCUT2D eigenvalue weighted by molar-refractivity contribution is 0.0541. The largest absolute Gasteiger partial charge is 0.476 e. The zero-order valence-electron chi connectivity index (χ0n) is 29.0. The molecule has 45 heavy (non-hydrogen) atoms. The smallest absolute Gasteiger partial charge is 0.358 e. The molecular formula is C31H39FN8O4Si. The number of ether oxygens (including phenoxy) is 2. The van der Waals surface area contributed by atoms with Crippen LogP contribution in [0.4, 0.5) is 4.39 Å². The minimum absolute atomic E-state index is 0.0232. The summed E-state index contributed by atoms with van der Waals surface area (Å²) >= 11 is 0. The molecule has 6 rings (SSSR count). The van der Waals surface area contributed by atoms with Crippen LogP contribution in [-0.4, -0.2) is 78.3 Å². The standard InChI is InChI=1S/C31H39FN8O4Si/c1-18-21(27-19(2)35-37-38(27)3)16-34-24-26(18)40(28(20-9-12-43-13-10-20)23-22(32)8-7-11-33-23)30-25(31(41)42)36-39(29(24)30)17-44-14-15-45(4,5)6/h7-8,11,16,20,28H,9-10,12-15,17H2,1-6H3,(H,41,42)/t28-/m0/s1/i2D3. The molecule has 14 heteroatoms. The van der Waals surface area contributed by atoms with Crippen molar-refractivity contribution in [2.24, 2.45) is 13.0 Å². The summed E-state index contributed by atoms with van der Waals surface area (Å²) in [6, 6.07) is 2.98. The summed E-state index contributed by atoms with van der Waals surface area (Å²) in [4.78, 5) is 22.3. The number of aromatic nitrogens is 8. The number of rotatable bonds is 10. The first-order valence-electron chi connectivity index (χ1n) is 16.5. The Morgan fingerprint density at radius 3 is 2.71 bits per heavy atom. The number of pyridine rings is 2. The molecule has 5 aromatic rings. The van der Waals surface area contributed by atoms with Gasteiger partial charge in [-0.1, -0.05) is 24.9 Å². The van der Waals surface area contributed by atoms with E-state index in [1.807, 2.05) is 6.92 Å². The summed E-state index contributed by atoms with van der Waals surface area (Å²) in [6.45, 7) is 7.31. The fourth-order valence-corrected chi connectivity index (χ4v) is 6.99. The van der Waals surface area contributed by atoms with Gasteiger partial charge >= 0.3 is 5.97 Å². The number of fused-ring (bicyclic) bond motifs is 3. The van der Waals surface area contributed by atoms with Crippen molar-refractivity contribution in [2.75, 3.05) is 19.8 Å². The summed E-state index contributed by atoms with van der Waals surface area (Å²) < 4.78 is 56.6. The van der Waals surface area contributed by atoms with Crippen molar-refractivity contribution >= 4 is 36.1 Å². The number of aryl methyl sites for hydroxylation is 3. The number of hydrogen-bond acceptors (Lipinski definition) is 8. The fourth-order valence-electron chi connectivity index (χ4n) is 6.23. The highest BCUT2D eigenvalue weighted by Gasteiger charge is 2.37. The van der Waals surface area contributed by atoms with E-state index in [4.69, 9.17) is 18.6 Å². The number of aromatic carboxylic acids is 1. The normalized spacial score (nSPS) is 16.6. The Morgan fingerprint density at radius 2 is 2.02 bits per heavy atom. The van der Waals surface area contributed by atoms with E-state index >= 15 is 4.39 Å². The molecule has 0 radical (unpaired) electrons. The molecule has 1 saturated heterocycles. The van der Waals surface area contributed by atoms with Crippen LogP contribution in [0.2, 0.25) is 25.7 Å². The molecule has 0 spiro atoms. The number of hydrogen-bond donors (Lipinski definition) is 1. The van der Waals surface area contributed by atoms with Gasteiger partial charge in [0.1, 0.15) is 29.1 Å². The van der Waals surface area contributed by atoms with Crippen LogP contribution in [0.5, 0.6) is 0 Å². The highest BCUT2D eigenvalue weighted by atomic mass is 28.3. The summed E-state index contributed by atoms with van der Waals surface area (Å²) in [5.74, 6) is -2.00. The predicted molar refractivity (Wildman–Crippen MR) is 169 cm³/mol. The lowest BCUT2D eigenvalue weighted by Gasteiger charge is -2.32. The van der Waals surface area contributed by atoms with Crippen molar-refractivity contribution in [3.8, 4) is 11.3 Å². The second-order valence-electron chi connectivity index (χ2n) is 12.7. The van der Waals surface area contributed by atoms with Crippen molar-refractivity contribution in [3.05, 3.63) is 53.0 Å². The Bertz CT molecular complexity index is 2000. The van der Waals surface area contributed by atoms with Gasteiger partial charge in [0, 0.05) is 57.0 Å². The van der Waals surface area contributed by atoms with Crippen molar-refractivity contribution in [1.29, 1.82) is 0 Å². The van der Waals surface area contributed by atoms with Crippen LogP contribution in [0.1, 0.15) is 50.4 Å². The molecule has 1 atom stereocenters. The quantitative estimate of drug-likeness (QED) is 0.159. The van der Waals surface area contributed by atoms with Crippen LogP contribution < -0.4 is 0 Å². The Morgan fingerprint density at radius 1 is 1.24 bits per heavy atom. The summed E-state index contributed by atoms with van der Waals surface area (Å²) in [5, 5.41) is 23.0. The van der Waals surface area contributed by atoms with Crippen molar-refractivity contribution in [3.63, 3.8) is 0 Å². The molecule has 0 saturated carbocycles. The number of carboxylic acid groups (broad SMARTS) is 1. The number of halogens is 1. The average molecular weight is 638 g/mol. The van der Waals surface area contributed by atoms with Gasteiger partial charge < -0.3 is 19.1 Å². The van der Waals surface area contributed by atoms with E-state index in [1.54, 1.807) is 17.8 Å². The van der Waals surface area contributed by atoms with Gasteiger partial charge in [-0.3, -0.25) is 9.97 Å². The monoisotopic (exact) mass is 637 g/mol. The zero-order chi connectivity index (χ0) is 34.5. The molecule has 1 aliphatic rings. The molecule has 1 N–H and O–H groups in total.